The molecule has 4 N–H and O–H groups in total. The Balaban J connectivity index is 1.34. The molecule has 10 nitrogen and oxygen atoms in total. The quantitative estimate of drug-likeness (QED) is 0.154. The highest BCUT2D eigenvalue weighted by atomic mass is 15.4. The van der Waals surface area contributed by atoms with E-state index in [-0.39, 0.29) is 21.7 Å². The van der Waals surface area contributed by atoms with Crippen molar-refractivity contribution in [2.75, 3.05) is 0 Å². The van der Waals surface area contributed by atoms with Crippen molar-refractivity contribution in [2.45, 2.75) is 108 Å². The SMILES string of the molecule is CC1(C)c2ccc([nH]2)C2(C)CCc3cn(nn3)CCCn3cc(nn3)CCC(C)(c3ccc1[nH]3)c1ccc([nH]1)C(C)(C)c1ccc2[nH]1. The summed E-state index contributed by atoms with van der Waals surface area (Å²) in [5.74, 6) is 0. The lowest BCUT2D eigenvalue weighted by Gasteiger charge is -2.31. The van der Waals surface area contributed by atoms with Crippen molar-refractivity contribution in [3.05, 3.63) is 118 Å². The third-order valence-electron chi connectivity index (χ3n) is 11.5. The van der Waals surface area contributed by atoms with E-state index in [1.54, 1.807) is 0 Å². The number of aromatic nitrogens is 10. The van der Waals surface area contributed by atoms with Crippen molar-refractivity contribution in [2.24, 2.45) is 0 Å². The van der Waals surface area contributed by atoms with Gasteiger partial charge in [-0.15, -0.1) is 10.2 Å². The smallest absolute Gasteiger partial charge is 0.0827 e. The van der Waals surface area contributed by atoms with Crippen LogP contribution in [0.15, 0.2) is 60.9 Å². The van der Waals surface area contributed by atoms with Crippen LogP contribution in [-0.2, 0) is 47.6 Å². The van der Waals surface area contributed by atoms with E-state index >= 15 is 0 Å². The summed E-state index contributed by atoms with van der Waals surface area (Å²) in [6.45, 7) is 15.5. The fourth-order valence-electron chi connectivity index (χ4n) is 7.72. The highest BCUT2D eigenvalue weighted by Gasteiger charge is 2.39. The summed E-state index contributed by atoms with van der Waals surface area (Å²) in [6.07, 6.45) is 8.44. The standard InChI is InChI=1S/C37H46N10/c1-34(2)26-8-12-30(38-26)36(5)18-16-24-22-46(44-42-24)20-7-21-47-23-25(43-45-47)17-19-37(6,31-13-9-27(34)39-31)33-15-11-29(41-33)35(3,4)28-10-14-32(36)40-28/h8-15,22-23,38-41H,7,16-21H2,1-6H3. The summed E-state index contributed by atoms with van der Waals surface area (Å²) in [5, 5.41) is 18.1. The number of nitrogens with one attached hydrogen (secondary N) is 4. The van der Waals surface area contributed by atoms with Crippen LogP contribution in [0.3, 0.4) is 0 Å². The maximum Gasteiger partial charge on any atom is 0.0827 e. The monoisotopic (exact) mass is 630 g/mol. The van der Waals surface area contributed by atoms with E-state index in [0.29, 0.717) is 0 Å². The second-order valence-corrected chi connectivity index (χ2v) is 15.4. The molecule has 0 fully saturated rings. The first kappa shape index (κ1) is 29.8. The predicted octanol–water partition coefficient (Wildman–Crippen LogP) is 6.43. The van der Waals surface area contributed by atoms with E-state index in [9.17, 15) is 0 Å². The van der Waals surface area contributed by atoms with Crippen LogP contribution >= 0.6 is 0 Å². The van der Waals surface area contributed by atoms with Gasteiger partial charge in [0.15, 0.2) is 0 Å². The van der Waals surface area contributed by atoms with Gasteiger partial charge in [-0.2, -0.15) is 0 Å². The predicted molar refractivity (Wildman–Crippen MR) is 182 cm³/mol. The molecule has 6 aromatic rings. The summed E-state index contributed by atoms with van der Waals surface area (Å²) in [4.78, 5) is 15.7. The van der Waals surface area contributed by atoms with Gasteiger partial charge in [0, 0.05) is 92.7 Å². The summed E-state index contributed by atoms with van der Waals surface area (Å²) in [7, 11) is 0. The lowest BCUT2D eigenvalue weighted by Crippen LogP contribution is -2.29. The minimum Gasteiger partial charge on any atom is -0.361 e. The van der Waals surface area contributed by atoms with Crippen LogP contribution in [0.25, 0.3) is 0 Å². The van der Waals surface area contributed by atoms with Crippen molar-refractivity contribution in [3.63, 3.8) is 0 Å². The van der Waals surface area contributed by atoms with Gasteiger partial charge in [-0.05, 0) is 122 Å². The number of aryl methyl sites for hydroxylation is 4. The number of hydrogen-bond donors (Lipinski definition) is 4. The van der Waals surface area contributed by atoms with Crippen molar-refractivity contribution < 1.29 is 0 Å². The zero-order chi connectivity index (χ0) is 32.6. The zero-order valence-electron chi connectivity index (χ0n) is 28.4. The highest BCUT2D eigenvalue weighted by Crippen LogP contribution is 2.43. The number of aromatic amines is 4. The normalized spacial score (nSPS) is 23.9. The summed E-state index contributed by atoms with van der Waals surface area (Å²) in [6, 6.07) is 18.2. The van der Waals surface area contributed by atoms with Crippen molar-refractivity contribution in [1.29, 1.82) is 0 Å². The molecule has 10 heteroatoms. The van der Waals surface area contributed by atoms with Gasteiger partial charge < -0.3 is 19.9 Å². The molecule has 0 saturated carbocycles. The molecule has 0 spiro atoms. The molecule has 0 aromatic carbocycles. The molecule has 14 bridgehead atoms. The van der Waals surface area contributed by atoms with Crippen LogP contribution < -0.4 is 0 Å². The van der Waals surface area contributed by atoms with E-state index in [1.807, 2.05) is 9.36 Å². The topological polar surface area (TPSA) is 125 Å². The molecule has 0 saturated heterocycles. The van der Waals surface area contributed by atoms with Crippen molar-refractivity contribution in [3.8, 4) is 0 Å². The van der Waals surface area contributed by atoms with Gasteiger partial charge in [-0.3, -0.25) is 9.36 Å². The lowest BCUT2D eigenvalue weighted by atomic mass is 9.78. The van der Waals surface area contributed by atoms with Gasteiger partial charge in [0.1, 0.15) is 0 Å². The fourth-order valence-corrected chi connectivity index (χ4v) is 7.72. The molecule has 0 atom stereocenters. The molecular formula is C37H46N10. The van der Waals surface area contributed by atoms with Crippen LogP contribution in [0.4, 0.5) is 0 Å². The van der Waals surface area contributed by atoms with Gasteiger partial charge >= 0.3 is 0 Å². The molecule has 244 valence electrons. The molecule has 6 aromatic heterocycles. The van der Waals surface area contributed by atoms with Crippen LogP contribution in [0.5, 0.6) is 0 Å². The number of H-pyrrole nitrogens is 4. The third-order valence-corrected chi connectivity index (χ3v) is 11.5. The fraction of sp³-hybridized carbons (Fsp3) is 0.459. The minimum absolute atomic E-state index is 0.276. The second-order valence-electron chi connectivity index (χ2n) is 15.4. The molecule has 0 unspecified atom stereocenters. The van der Waals surface area contributed by atoms with Crippen LogP contribution in [0, 0.1) is 0 Å². The second kappa shape index (κ2) is 10.5. The Morgan fingerprint density at radius 1 is 0.489 bits per heavy atom. The first-order chi connectivity index (χ1) is 22.4. The maximum atomic E-state index is 4.58. The van der Waals surface area contributed by atoms with E-state index in [2.05, 4.69) is 143 Å². The van der Waals surface area contributed by atoms with Gasteiger partial charge in [-0.25, -0.2) is 0 Å². The van der Waals surface area contributed by atoms with Crippen LogP contribution in [0.2, 0.25) is 0 Å². The van der Waals surface area contributed by atoms with Crippen molar-refractivity contribution in [1.82, 2.24) is 49.9 Å². The molecule has 3 aliphatic rings. The molecule has 0 radical (unpaired) electrons. The summed E-state index contributed by atoms with van der Waals surface area (Å²) >= 11 is 0. The van der Waals surface area contributed by atoms with Gasteiger partial charge in [0.25, 0.3) is 0 Å². The molecule has 47 heavy (non-hydrogen) atoms. The van der Waals surface area contributed by atoms with Gasteiger partial charge in [-0.1, -0.05) is 10.4 Å². The third kappa shape index (κ3) is 4.83. The average Bonchev–Trinajstić information content (AvgIpc) is 3.89. The molecular weight excluding hydrogens is 584 g/mol. The number of nitrogens with zero attached hydrogens (tertiary/aromatic N) is 6. The summed E-state index contributed by atoms with van der Waals surface area (Å²) < 4.78 is 3.93. The first-order valence-corrected chi connectivity index (χ1v) is 17.0. The Morgan fingerprint density at radius 3 is 1.15 bits per heavy atom. The number of fused-ring (bicyclic) bond motifs is 4. The van der Waals surface area contributed by atoms with Gasteiger partial charge in [0.05, 0.1) is 11.4 Å². The van der Waals surface area contributed by atoms with E-state index < -0.39 is 0 Å². The van der Waals surface area contributed by atoms with E-state index in [4.69, 9.17) is 0 Å². The van der Waals surface area contributed by atoms with Gasteiger partial charge in [0.2, 0.25) is 0 Å². The average molecular weight is 631 g/mol. The molecule has 0 aliphatic carbocycles. The molecule has 9 heterocycles. The Labute approximate surface area is 275 Å². The highest BCUT2D eigenvalue weighted by molar-refractivity contribution is 5.44. The van der Waals surface area contributed by atoms with Crippen molar-refractivity contribution >= 4 is 0 Å². The Bertz CT molecular complexity index is 1800. The Morgan fingerprint density at radius 2 is 0.809 bits per heavy atom. The minimum atomic E-state index is -0.314. The summed E-state index contributed by atoms with van der Waals surface area (Å²) in [5.41, 5.74) is 10.3. The molecule has 3 aliphatic heterocycles. The van der Waals surface area contributed by atoms with Crippen LogP contribution in [0.1, 0.15) is 118 Å². The van der Waals surface area contributed by atoms with E-state index in [0.717, 1.165) is 56.6 Å². The zero-order valence-corrected chi connectivity index (χ0v) is 28.4. The lowest BCUT2D eigenvalue weighted by molar-refractivity contribution is 0.475. The number of hydrogen-bond acceptors (Lipinski definition) is 4. The first-order valence-electron chi connectivity index (χ1n) is 17.0. The molecule has 9 rings (SSSR count). The Hall–Kier alpha value is -4.60. The number of rotatable bonds is 0. The maximum absolute atomic E-state index is 4.58. The molecule has 0 amide bonds. The largest absolute Gasteiger partial charge is 0.361 e. The van der Waals surface area contributed by atoms with Crippen LogP contribution in [-0.4, -0.2) is 49.9 Å². The Kier molecular flexibility index (Phi) is 6.62. The van der Waals surface area contributed by atoms with E-state index in [1.165, 1.54) is 45.6 Å².